The summed E-state index contributed by atoms with van der Waals surface area (Å²) in [6.45, 7) is 1.88. The quantitative estimate of drug-likeness (QED) is 0.731. The van der Waals surface area contributed by atoms with Crippen LogP contribution in [0.5, 0.6) is 0 Å². The Labute approximate surface area is 115 Å². The van der Waals surface area contributed by atoms with Crippen LogP contribution in [0.2, 0.25) is 0 Å². The van der Waals surface area contributed by atoms with E-state index in [0.29, 0.717) is 5.56 Å². The number of rotatable bonds is 2. The molecule has 0 bridgehead atoms. The molecule has 0 radical (unpaired) electrons. The Kier molecular flexibility index (Phi) is 3.09. The molecule has 0 amide bonds. The van der Waals surface area contributed by atoms with E-state index in [2.05, 4.69) is 0 Å². The molecule has 0 aliphatic carbocycles. The van der Waals surface area contributed by atoms with E-state index < -0.39 is 6.10 Å². The van der Waals surface area contributed by atoms with Crippen LogP contribution in [0.25, 0.3) is 10.1 Å². The minimum atomic E-state index is -0.785. The third-order valence-corrected chi connectivity index (χ3v) is 4.32. The lowest BCUT2D eigenvalue weighted by molar-refractivity contribution is 0.221. The van der Waals surface area contributed by atoms with Crippen molar-refractivity contribution in [3.63, 3.8) is 0 Å². The number of benzene rings is 2. The highest BCUT2D eigenvalue weighted by atomic mass is 32.1. The van der Waals surface area contributed by atoms with E-state index in [0.717, 1.165) is 21.2 Å². The predicted molar refractivity (Wildman–Crippen MR) is 77.0 cm³/mol. The minimum absolute atomic E-state index is 0.320. The van der Waals surface area contributed by atoms with E-state index in [-0.39, 0.29) is 5.82 Å². The smallest absolute Gasteiger partial charge is 0.123 e. The van der Waals surface area contributed by atoms with E-state index in [1.807, 2.05) is 36.6 Å². The van der Waals surface area contributed by atoms with Gasteiger partial charge < -0.3 is 5.11 Å². The molecule has 96 valence electrons. The molecule has 0 aliphatic heterocycles. The monoisotopic (exact) mass is 272 g/mol. The second-order valence-electron chi connectivity index (χ2n) is 4.59. The SMILES string of the molecule is Cc1ccc(F)cc1C(O)c1csc2ccccc12. The van der Waals surface area contributed by atoms with Crippen LogP contribution in [0.3, 0.4) is 0 Å². The zero-order chi connectivity index (χ0) is 13.4. The fourth-order valence-electron chi connectivity index (χ4n) is 2.28. The van der Waals surface area contributed by atoms with E-state index in [1.165, 1.54) is 12.1 Å². The summed E-state index contributed by atoms with van der Waals surface area (Å²) in [5, 5.41) is 13.5. The summed E-state index contributed by atoms with van der Waals surface area (Å²) in [7, 11) is 0. The molecule has 1 heterocycles. The largest absolute Gasteiger partial charge is 0.384 e. The summed E-state index contributed by atoms with van der Waals surface area (Å²) in [6, 6.07) is 12.5. The first-order chi connectivity index (χ1) is 9.16. The Hall–Kier alpha value is -1.71. The van der Waals surface area contributed by atoms with Crippen molar-refractivity contribution in [2.75, 3.05) is 0 Å². The van der Waals surface area contributed by atoms with Gasteiger partial charge in [0, 0.05) is 10.3 Å². The highest BCUT2D eigenvalue weighted by Crippen LogP contribution is 2.34. The van der Waals surface area contributed by atoms with Gasteiger partial charge >= 0.3 is 0 Å². The molecule has 1 N–H and O–H groups in total. The van der Waals surface area contributed by atoms with Crippen molar-refractivity contribution in [3.05, 3.63) is 70.4 Å². The molecule has 0 saturated heterocycles. The van der Waals surface area contributed by atoms with Crippen molar-refractivity contribution < 1.29 is 9.50 Å². The number of halogens is 1. The third-order valence-electron chi connectivity index (χ3n) is 3.34. The van der Waals surface area contributed by atoms with Crippen molar-refractivity contribution >= 4 is 21.4 Å². The molecule has 1 atom stereocenters. The fourth-order valence-corrected chi connectivity index (χ4v) is 3.26. The highest BCUT2D eigenvalue weighted by Gasteiger charge is 2.17. The molecule has 1 nitrogen and oxygen atoms in total. The Morgan fingerprint density at radius 2 is 1.89 bits per heavy atom. The van der Waals surface area contributed by atoms with Gasteiger partial charge in [0.25, 0.3) is 0 Å². The Morgan fingerprint density at radius 3 is 2.74 bits per heavy atom. The maximum absolute atomic E-state index is 13.4. The molecule has 2 aromatic carbocycles. The number of aryl methyl sites for hydroxylation is 1. The number of fused-ring (bicyclic) bond motifs is 1. The summed E-state index contributed by atoms with van der Waals surface area (Å²) in [6.07, 6.45) is -0.785. The van der Waals surface area contributed by atoms with Gasteiger partial charge in [-0.15, -0.1) is 11.3 Å². The third kappa shape index (κ3) is 2.15. The molecule has 3 heteroatoms. The molecule has 3 rings (SSSR count). The Morgan fingerprint density at radius 1 is 1.11 bits per heavy atom. The average Bonchev–Trinajstić information content (AvgIpc) is 2.84. The number of hydrogen-bond donors (Lipinski definition) is 1. The van der Waals surface area contributed by atoms with Crippen LogP contribution < -0.4 is 0 Å². The first-order valence-electron chi connectivity index (χ1n) is 6.07. The number of aliphatic hydroxyl groups excluding tert-OH is 1. The summed E-state index contributed by atoms with van der Waals surface area (Å²) in [5.41, 5.74) is 2.36. The second kappa shape index (κ2) is 4.76. The summed E-state index contributed by atoms with van der Waals surface area (Å²) < 4.78 is 14.5. The van der Waals surface area contributed by atoms with Crippen LogP contribution in [-0.4, -0.2) is 5.11 Å². The van der Waals surface area contributed by atoms with Gasteiger partial charge in [0.05, 0.1) is 0 Å². The van der Waals surface area contributed by atoms with Crippen molar-refractivity contribution in [1.82, 2.24) is 0 Å². The lowest BCUT2D eigenvalue weighted by atomic mass is 9.97. The summed E-state index contributed by atoms with van der Waals surface area (Å²) in [4.78, 5) is 0. The van der Waals surface area contributed by atoms with Crippen LogP contribution in [0.1, 0.15) is 22.8 Å². The molecule has 0 fully saturated rings. The van der Waals surface area contributed by atoms with Gasteiger partial charge in [0.15, 0.2) is 0 Å². The lowest BCUT2D eigenvalue weighted by Gasteiger charge is -2.13. The number of thiophene rings is 1. The van der Waals surface area contributed by atoms with E-state index in [4.69, 9.17) is 0 Å². The van der Waals surface area contributed by atoms with Gasteiger partial charge in [-0.2, -0.15) is 0 Å². The van der Waals surface area contributed by atoms with Crippen LogP contribution in [0.15, 0.2) is 47.8 Å². The number of hydrogen-bond acceptors (Lipinski definition) is 2. The maximum atomic E-state index is 13.4. The van der Waals surface area contributed by atoms with Gasteiger partial charge in [0.2, 0.25) is 0 Å². The lowest BCUT2D eigenvalue weighted by Crippen LogP contribution is -2.01. The first kappa shape index (κ1) is 12.3. The molecular weight excluding hydrogens is 259 g/mol. The van der Waals surface area contributed by atoms with Crippen molar-refractivity contribution in [1.29, 1.82) is 0 Å². The van der Waals surface area contributed by atoms with E-state index in [1.54, 1.807) is 17.4 Å². The second-order valence-corrected chi connectivity index (χ2v) is 5.50. The Balaban J connectivity index is 2.13. The summed E-state index contributed by atoms with van der Waals surface area (Å²) >= 11 is 1.59. The normalized spacial score (nSPS) is 12.8. The van der Waals surface area contributed by atoms with Crippen molar-refractivity contribution in [3.8, 4) is 0 Å². The van der Waals surface area contributed by atoms with Gasteiger partial charge in [-0.1, -0.05) is 24.3 Å². The van der Waals surface area contributed by atoms with Crippen LogP contribution in [0, 0.1) is 12.7 Å². The fraction of sp³-hybridized carbons (Fsp3) is 0.125. The first-order valence-corrected chi connectivity index (χ1v) is 6.95. The Bertz CT molecular complexity index is 732. The minimum Gasteiger partial charge on any atom is -0.384 e. The van der Waals surface area contributed by atoms with Crippen LogP contribution >= 0.6 is 11.3 Å². The average molecular weight is 272 g/mol. The zero-order valence-corrected chi connectivity index (χ0v) is 11.2. The molecular formula is C16H13FOS. The summed E-state index contributed by atoms with van der Waals surface area (Å²) in [5.74, 6) is -0.320. The molecule has 19 heavy (non-hydrogen) atoms. The number of aliphatic hydroxyl groups is 1. The van der Waals surface area contributed by atoms with E-state index in [9.17, 15) is 9.50 Å². The van der Waals surface area contributed by atoms with Crippen LogP contribution in [-0.2, 0) is 0 Å². The van der Waals surface area contributed by atoms with Crippen molar-refractivity contribution in [2.24, 2.45) is 0 Å². The molecule has 0 aliphatic rings. The molecule has 1 aromatic heterocycles. The van der Waals surface area contributed by atoms with Gasteiger partial charge in [-0.05, 0) is 47.0 Å². The predicted octanol–water partition coefficient (Wildman–Crippen LogP) is 4.43. The standard InChI is InChI=1S/C16H13FOS/c1-10-6-7-11(17)8-13(10)16(18)14-9-19-15-5-3-2-4-12(14)15/h2-9,16,18H,1H3. The molecule has 3 aromatic rings. The van der Waals surface area contributed by atoms with Gasteiger partial charge in [-0.25, -0.2) is 4.39 Å². The zero-order valence-electron chi connectivity index (χ0n) is 10.4. The van der Waals surface area contributed by atoms with Gasteiger partial charge in [-0.3, -0.25) is 0 Å². The molecule has 0 spiro atoms. The van der Waals surface area contributed by atoms with E-state index >= 15 is 0 Å². The molecule has 1 unspecified atom stereocenters. The highest BCUT2D eigenvalue weighted by molar-refractivity contribution is 7.17. The topological polar surface area (TPSA) is 20.2 Å². The maximum Gasteiger partial charge on any atom is 0.123 e. The molecule has 0 saturated carbocycles. The van der Waals surface area contributed by atoms with Crippen LogP contribution in [0.4, 0.5) is 4.39 Å². The van der Waals surface area contributed by atoms with Gasteiger partial charge in [0.1, 0.15) is 11.9 Å². The van der Waals surface area contributed by atoms with Crippen molar-refractivity contribution in [2.45, 2.75) is 13.0 Å².